The Hall–Kier alpha value is -1.72. The molecule has 1 atom stereocenters. The van der Waals surface area contributed by atoms with Crippen LogP contribution in [0.15, 0.2) is 30.6 Å². The summed E-state index contributed by atoms with van der Waals surface area (Å²) >= 11 is 0. The van der Waals surface area contributed by atoms with Gasteiger partial charge in [-0.15, -0.1) is 10.2 Å². The first-order valence-corrected chi connectivity index (χ1v) is 7.76. The van der Waals surface area contributed by atoms with E-state index in [1.807, 2.05) is 6.33 Å². The fourth-order valence-corrected chi connectivity index (χ4v) is 3.28. The highest BCUT2D eigenvalue weighted by molar-refractivity contribution is 5.31. The van der Waals surface area contributed by atoms with E-state index < -0.39 is 0 Å². The van der Waals surface area contributed by atoms with Gasteiger partial charge in [0.05, 0.1) is 6.54 Å². The van der Waals surface area contributed by atoms with Gasteiger partial charge in [-0.25, -0.2) is 0 Å². The van der Waals surface area contributed by atoms with Crippen LogP contribution in [-0.2, 0) is 13.1 Å². The Morgan fingerprint density at radius 1 is 1.29 bits per heavy atom. The molecule has 110 valence electrons. The first-order chi connectivity index (χ1) is 10.3. The third kappa shape index (κ3) is 2.47. The van der Waals surface area contributed by atoms with Crippen molar-refractivity contribution in [1.82, 2.24) is 19.7 Å². The Balaban J connectivity index is 1.58. The van der Waals surface area contributed by atoms with Gasteiger partial charge in [0.25, 0.3) is 0 Å². The standard InChI is InChI=1S/C16H21N5/c17-9-15(14-3-1-2-13(8-14)12-4-5-12)20-6-7-21-11-18-19-16(21)10-20/h1-3,8,11-12,15H,4-7,9-10,17H2. The van der Waals surface area contributed by atoms with Crippen molar-refractivity contribution >= 4 is 0 Å². The van der Waals surface area contributed by atoms with Gasteiger partial charge in [-0.2, -0.15) is 0 Å². The quantitative estimate of drug-likeness (QED) is 0.927. The van der Waals surface area contributed by atoms with E-state index in [1.54, 1.807) is 0 Å². The number of fused-ring (bicyclic) bond motifs is 1. The van der Waals surface area contributed by atoms with Gasteiger partial charge in [-0.3, -0.25) is 4.90 Å². The summed E-state index contributed by atoms with van der Waals surface area (Å²) in [5.74, 6) is 1.82. The molecule has 0 amide bonds. The van der Waals surface area contributed by atoms with Crippen LogP contribution in [0.2, 0.25) is 0 Å². The van der Waals surface area contributed by atoms with Crippen LogP contribution < -0.4 is 5.73 Å². The van der Waals surface area contributed by atoms with Gasteiger partial charge >= 0.3 is 0 Å². The Bertz CT molecular complexity index is 631. The Kier molecular flexibility index (Phi) is 3.24. The summed E-state index contributed by atoms with van der Waals surface area (Å²) < 4.78 is 2.13. The van der Waals surface area contributed by atoms with Gasteiger partial charge in [-0.05, 0) is 29.9 Å². The molecular weight excluding hydrogens is 262 g/mol. The third-order valence-corrected chi connectivity index (χ3v) is 4.68. The highest BCUT2D eigenvalue weighted by Crippen LogP contribution is 2.40. The Morgan fingerprint density at radius 3 is 3.00 bits per heavy atom. The number of benzene rings is 1. The van der Waals surface area contributed by atoms with Crippen LogP contribution in [-0.4, -0.2) is 32.8 Å². The van der Waals surface area contributed by atoms with Gasteiger partial charge in [0.15, 0.2) is 0 Å². The molecule has 0 spiro atoms. The highest BCUT2D eigenvalue weighted by atomic mass is 15.3. The summed E-state index contributed by atoms with van der Waals surface area (Å²) in [5.41, 5.74) is 8.91. The second-order valence-corrected chi connectivity index (χ2v) is 6.11. The zero-order chi connectivity index (χ0) is 14.2. The van der Waals surface area contributed by atoms with Gasteiger partial charge in [0, 0.05) is 25.7 Å². The molecule has 1 unspecified atom stereocenters. The van der Waals surface area contributed by atoms with E-state index in [0.717, 1.165) is 31.4 Å². The minimum atomic E-state index is 0.272. The molecule has 2 heterocycles. The lowest BCUT2D eigenvalue weighted by molar-refractivity contribution is 0.156. The van der Waals surface area contributed by atoms with Gasteiger partial charge in [-0.1, -0.05) is 24.3 Å². The number of nitrogens with two attached hydrogens (primary N) is 1. The predicted molar refractivity (Wildman–Crippen MR) is 80.6 cm³/mol. The van der Waals surface area contributed by atoms with Crippen LogP contribution >= 0.6 is 0 Å². The summed E-state index contributed by atoms with van der Waals surface area (Å²) in [6.45, 7) is 3.42. The van der Waals surface area contributed by atoms with Crippen molar-refractivity contribution in [2.24, 2.45) is 5.73 Å². The van der Waals surface area contributed by atoms with Crippen LogP contribution in [0.4, 0.5) is 0 Å². The van der Waals surface area contributed by atoms with Crippen molar-refractivity contribution in [2.45, 2.75) is 37.9 Å². The molecule has 4 rings (SSSR count). The molecule has 0 bridgehead atoms. The second-order valence-electron chi connectivity index (χ2n) is 6.11. The topological polar surface area (TPSA) is 60.0 Å². The average molecular weight is 283 g/mol. The van der Waals surface area contributed by atoms with Crippen molar-refractivity contribution in [2.75, 3.05) is 13.1 Å². The largest absolute Gasteiger partial charge is 0.329 e. The van der Waals surface area contributed by atoms with Crippen LogP contribution in [0, 0.1) is 0 Å². The molecule has 1 aliphatic heterocycles. The number of rotatable bonds is 4. The number of hydrogen-bond donors (Lipinski definition) is 1. The zero-order valence-corrected chi connectivity index (χ0v) is 12.2. The average Bonchev–Trinajstić information content (AvgIpc) is 3.27. The second kappa shape index (κ2) is 5.24. The Labute approximate surface area is 124 Å². The number of nitrogens with zero attached hydrogens (tertiary/aromatic N) is 4. The van der Waals surface area contributed by atoms with Crippen LogP contribution in [0.1, 0.15) is 41.8 Å². The van der Waals surface area contributed by atoms with Crippen molar-refractivity contribution in [3.63, 3.8) is 0 Å². The lowest BCUT2D eigenvalue weighted by atomic mass is 10.00. The van der Waals surface area contributed by atoms with Crippen LogP contribution in [0.5, 0.6) is 0 Å². The summed E-state index contributed by atoms with van der Waals surface area (Å²) in [6.07, 6.45) is 4.49. The molecule has 1 saturated carbocycles. The molecule has 2 N–H and O–H groups in total. The minimum Gasteiger partial charge on any atom is -0.329 e. The molecule has 2 aromatic rings. The number of aromatic nitrogens is 3. The van der Waals surface area contributed by atoms with E-state index in [9.17, 15) is 0 Å². The lowest BCUT2D eigenvalue weighted by Crippen LogP contribution is -2.39. The van der Waals surface area contributed by atoms with Gasteiger partial charge in [0.1, 0.15) is 12.2 Å². The maximum absolute atomic E-state index is 6.09. The maximum Gasteiger partial charge on any atom is 0.147 e. The molecule has 5 nitrogen and oxygen atoms in total. The molecule has 5 heteroatoms. The fraction of sp³-hybridized carbons (Fsp3) is 0.500. The molecule has 1 fully saturated rings. The van der Waals surface area contributed by atoms with Crippen LogP contribution in [0.25, 0.3) is 0 Å². The van der Waals surface area contributed by atoms with Crippen molar-refractivity contribution in [3.05, 3.63) is 47.5 Å². The molecule has 0 radical (unpaired) electrons. The maximum atomic E-state index is 6.09. The summed E-state index contributed by atoms with van der Waals surface area (Å²) in [7, 11) is 0. The SMILES string of the molecule is NCC(c1cccc(C2CC2)c1)N1CCn2cnnc2C1. The summed E-state index contributed by atoms with van der Waals surface area (Å²) in [4.78, 5) is 2.43. The molecule has 21 heavy (non-hydrogen) atoms. The van der Waals surface area contributed by atoms with Crippen LogP contribution in [0.3, 0.4) is 0 Å². The smallest absolute Gasteiger partial charge is 0.147 e. The van der Waals surface area contributed by atoms with Gasteiger partial charge in [0.2, 0.25) is 0 Å². The summed E-state index contributed by atoms with van der Waals surface area (Å²) in [6, 6.07) is 9.27. The predicted octanol–water partition coefficient (Wildman–Crippen LogP) is 1.67. The first-order valence-electron chi connectivity index (χ1n) is 7.76. The van der Waals surface area contributed by atoms with E-state index in [4.69, 9.17) is 5.73 Å². The van der Waals surface area contributed by atoms with Crippen molar-refractivity contribution < 1.29 is 0 Å². The van der Waals surface area contributed by atoms with E-state index in [2.05, 4.69) is 43.9 Å². The third-order valence-electron chi connectivity index (χ3n) is 4.68. The molecule has 2 aliphatic rings. The van der Waals surface area contributed by atoms with Gasteiger partial charge < -0.3 is 10.3 Å². The highest BCUT2D eigenvalue weighted by Gasteiger charge is 2.27. The first kappa shape index (κ1) is 13.0. The molecule has 1 aromatic heterocycles. The fourth-order valence-electron chi connectivity index (χ4n) is 3.28. The number of hydrogen-bond acceptors (Lipinski definition) is 4. The van der Waals surface area contributed by atoms with E-state index in [-0.39, 0.29) is 6.04 Å². The zero-order valence-electron chi connectivity index (χ0n) is 12.2. The van der Waals surface area contributed by atoms with Crippen molar-refractivity contribution in [1.29, 1.82) is 0 Å². The lowest BCUT2D eigenvalue weighted by Gasteiger charge is -2.34. The van der Waals surface area contributed by atoms with E-state index in [0.29, 0.717) is 6.54 Å². The molecule has 1 aromatic carbocycles. The van der Waals surface area contributed by atoms with Crippen molar-refractivity contribution in [3.8, 4) is 0 Å². The summed E-state index contributed by atoms with van der Waals surface area (Å²) in [5, 5.41) is 8.20. The van der Waals surface area contributed by atoms with E-state index >= 15 is 0 Å². The monoisotopic (exact) mass is 283 g/mol. The molecule has 1 aliphatic carbocycles. The molecule has 0 saturated heterocycles. The molecular formula is C16H21N5. The minimum absolute atomic E-state index is 0.272. The Morgan fingerprint density at radius 2 is 2.19 bits per heavy atom. The normalized spacial score (nSPS) is 20.2. The van der Waals surface area contributed by atoms with E-state index in [1.165, 1.54) is 24.0 Å².